The van der Waals surface area contributed by atoms with Gasteiger partial charge < -0.3 is 25.9 Å². The molecule has 5 N–H and O–H groups in total. The number of alkyl halides is 3. The van der Waals surface area contributed by atoms with Crippen LogP contribution >= 0.6 is 0 Å². The number of aliphatic carboxylic acids is 1. The summed E-state index contributed by atoms with van der Waals surface area (Å²) >= 11 is 0. The van der Waals surface area contributed by atoms with Crippen LogP contribution in [0, 0.1) is 0 Å². The van der Waals surface area contributed by atoms with E-state index in [9.17, 15) is 27.6 Å². The SMILES string of the molecule is NCC(=O)Oc1ncc(-c2ccccc2)n(CC(=O)NCc2cc3cnccc3[nH]2)c1=O.O=C(O)C(F)(F)F. The number of esters is 1. The maximum Gasteiger partial charge on any atom is 0.490 e. The summed E-state index contributed by atoms with van der Waals surface area (Å²) < 4.78 is 37.9. The summed E-state index contributed by atoms with van der Waals surface area (Å²) in [6.07, 6.45) is -0.297. The lowest BCUT2D eigenvalue weighted by Gasteiger charge is -2.14. The molecule has 15 heteroatoms. The summed E-state index contributed by atoms with van der Waals surface area (Å²) in [4.78, 5) is 57.3. The Morgan fingerprint density at radius 3 is 2.44 bits per heavy atom. The monoisotopic (exact) mass is 546 g/mol. The van der Waals surface area contributed by atoms with E-state index in [1.807, 2.05) is 18.2 Å². The van der Waals surface area contributed by atoms with Crippen LogP contribution in [0.2, 0.25) is 0 Å². The molecule has 204 valence electrons. The summed E-state index contributed by atoms with van der Waals surface area (Å²) in [6, 6.07) is 12.7. The van der Waals surface area contributed by atoms with Crippen molar-refractivity contribution in [3.05, 3.63) is 77.1 Å². The Kier molecular flexibility index (Phi) is 9.11. The largest absolute Gasteiger partial charge is 0.490 e. The van der Waals surface area contributed by atoms with Crippen molar-refractivity contribution in [1.29, 1.82) is 0 Å². The second-order valence-corrected chi connectivity index (χ2v) is 7.72. The molecule has 1 amide bonds. The van der Waals surface area contributed by atoms with Crippen LogP contribution in [0.1, 0.15) is 5.69 Å². The van der Waals surface area contributed by atoms with Gasteiger partial charge in [-0.1, -0.05) is 30.3 Å². The van der Waals surface area contributed by atoms with Gasteiger partial charge in [-0.3, -0.25) is 23.9 Å². The first-order chi connectivity index (χ1) is 18.5. The van der Waals surface area contributed by atoms with Crippen molar-refractivity contribution in [3.63, 3.8) is 0 Å². The zero-order chi connectivity index (χ0) is 28.6. The third-order valence-electron chi connectivity index (χ3n) is 4.97. The molecule has 0 bridgehead atoms. The van der Waals surface area contributed by atoms with Crippen molar-refractivity contribution in [2.75, 3.05) is 6.54 Å². The highest BCUT2D eigenvalue weighted by molar-refractivity contribution is 5.80. The average Bonchev–Trinajstić information content (AvgIpc) is 3.33. The van der Waals surface area contributed by atoms with Gasteiger partial charge in [0.15, 0.2) is 0 Å². The highest BCUT2D eigenvalue weighted by atomic mass is 19.4. The van der Waals surface area contributed by atoms with E-state index in [4.69, 9.17) is 20.4 Å². The van der Waals surface area contributed by atoms with Crippen molar-refractivity contribution in [2.45, 2.75) is 19.3 Å². The van der Waals surface area contributed by atoms with Gasteiger partial charge in [-0.15, -0.1) is 0 Å². The molecule has 12 nitrogen and oxygen atoms in total. The van der Waals surface area contributed by atoms with Gasteiger partial charge in [-0.05, 0) is 17.7 Å². The minimum Gasteiger partial charge on any atom is -0.475 e. The molecule has 0 atom stereocenters. The van der Waals surface area contributed by atoms with E-state index < -0.39 is 42.0 Å². The van der Waals surface area contributed by atoms with E-state index >= 15 is 0 Å². The number of carboxylic acids is 1. The van der Waals surface area contributed by atoms with Crippen molar-refractivity contribution in [1.82, 2.24) is 24.8 Å². The van der Waals surface area contributed by atoms with E-state index in [0.717, 1.165) is 16.6 Å². The highest BCUT2D eigenvalue weighted by Gasteiger charge is 2.38. The maximum absolute atomic E-state index is 12.9. The number of hydrogen-bond acceptors (Lipinski definition) is 8. The number of rotatable bonds is 7. The van der Waals surface area contributed by atoms with Crippen LogP contribution in [0.15, 0.2) is 65.8 Å². The third-order valence-corrected chi connectivity index (χ3v) is 4.97. The van der Waals surface area contributed by atoms with Crippen LogP contribution in [-0.4, -0.2) is 55.2 Å². The standard InChI is InChI=1S/C22H20N6O4.C2HF3O2/c23-9-20(30)32-21-22(31)28(18(12-26-21)14-4-2-1-3-5-14)13-19(29)25-11-16-8-15-10-24-7-6-17(15)27-16;3-2(4,5)1(6)7/h1-8,10,12,27H,9,11,13,23H2,(H,25,29);(H,6,7). The van der Waals surface area contributed by atoms with Gasteiger partial charge in [0.25, 0.3) is 5.88 Å². The van der Waals surface area contributed by atoms with Gasteiger partial charge in [-0.2, -0.15) is 13.2 Å². The number of pyridine rings is 1. The third kappa shape index (κ3) is 7.72. The van der Waals surface area contributed by atoms with Crippen LogP contribution in [0.3, 0.4) is 0 Å². The molecule has 4 aromatic rings. The van der Waals surface area contributed by atoms with Crippen LogP contribution in [0.5, 0.6) is 5.88 Å². The first-order valence-corrected chi connectivity index (χ1v) is 11.0. The van der Waals surface area contributed by atoms with E-state index in [1.165, 1.54) is 10.8 Å². The Labute approximate surface area is 217 Å². The van der Waals surface area contributed by atoms with Crippen LogP contribution in [0.4, 0.5) is 13.2 Å². The highest BCUT2D eigenvalue weighted by Crippen LogP contribution is 2.18. The quantitative estimate of drug-likeness (QED) is 0.250. The van der Waals surface area contributed by atoms with E-state index in [2.05, 4.69) is 20.3 Å². The molecule has 0 saturated carbocycles. The second kappa shape index (κ2) is 12.5. The summed E-state index contributed by atoms with van der Waals surface area (Å²) in [7, 11) is 0. The predicted octanol–water partition coefficient (Wildman–Crippen LogP) is 1.60. The fourth-order valence-electron chi connectivity index (χ4n) is 3.21. The lowest BCUT2D eigenvalue weighted by Crippen LogP contribution is -2.34. The van der Waals surface area contributed by atoms with Crippen molar-refractivity contribution in [3.8, 4) is 17.1 Å². The van der Waals surface area contributed by atoms with Gasteiger partial charge in [0.2, 0.25) is 5.91 Å². The number of nitrogens with two attached hydrogens (primary N) is 1. The Balaban J connectivity index is 0.000000532. The second-order valence-electron chi connectivity index (χ2n) is 7.72. The Morgan fingerprint density at radius 2 is 1.82 bits per heavy atom. The zero-order valence-electron chi connectivity index (χ0n) is 19.9. The minimum absolute atomic E-state index is 0.239. The fourth-order valence-corrected chi connectivity index (χ4v) is 3.21. The van der Waals surface area contributed by atoms with Gasteiger partial charge in [-0.25, -0.2) is 9.78 Å². The minimum atomic E-state index is -5.08. The number of hydrogen-bond donors (Lipinski definition) is 4. The fraction of sp³-hybridized carbons (Fsp3) is 0.167. The van der Waals surface area contributed by atoms with Gasteiger partial charge in [0.1, 0.15) is 6.54 Å². The Bertz CT molecular complexity index is 1500. The van der Waals surface area contributed by atoms with Gasteiger partial charge >= 0.3 is 23.7 Å². The Hall–Kier alpha value is -5.05. The predicted molar refractivity (Wildman–Crippen MR) is 130 cm³/mol. The molecule has 4 rings (SSSR count). The molecule has 0 aliphatic carbocycles. The summed E-state index contributed by atoms with van der Waals surface area (Å²) in [5, 5.41) is 10.8. The molecule has 0 radical (unpaired) electrons. The Morgan fingerprint density at radius 1 is 1.13 bits per heavy atom. The maximum atomic E-state index is 12.9. The molecule has 3 heterocycles. The van der Waals surface area contributed by atoms with Crippen molar-refractivity contribution in [2.24, 2.45) is 5.73 Å². The number of H-pyrrole nitrogens is 1. The number of nitrogens with one attached hydrogen (secondary N) is 2. The average molecular weight is 546 g/mol. The lowest BCUT2D eigenvalue weighted by molar-refractivity contribution is -0.192. The zero-order valence-corrected chi connectivity index (χ0v) is 19.9. The molecular weight excluding hydrogens is 525 g/mol. The van der Waals surface area contributed by atoms with Gasteiger partial charge in [0.05, 0.1) is 25.0 Å². The first-order valence-electron chi connectivity index (χ1n) is 11.0. The number of aromatic amines is 1. The molecule has 0 unspecified atom stereocenters. The van der Waals surface area contributed by atoms with Crippen molar-refractivity contribution >= 4 is 28.7 Å². The number of ether oxygens (including phenoxy) is 1. The normalized spacial score (nSPS) is 10.9. The number of benzene rings is 1. The topological polar surface area (TPSA) is 182 Å². The summed E-state index contributed by atoms with van der Waals surface area (Å²) in [5.41, 5.74) is 7.34. The molecule has 1 aromatic carbocycles. The van der Waals surface area contributed by atoms with Gasteiger partial charge in [0, 0.05) is 29.0 Å². The van der Waals surface area contributed by atoms with Crippen LogP contribution in [0.25, 0.3) is 22.2 Å². The molecule has 0 spiro atoms. The number of carboxylic acid groups (broad SMARTS) is 1. The number of halogens is 3. The summed E-state index contributed by atoms with van der Waals surface area (Å²) in [6.45, 7) is -0.453. The molecule has 3 aromatic heterocycles. The van der Waals surface area contributed by atoms with Crippen LogP contribution in [-0.2, 0) is 27.5 Å². The number of amides is 1. The number of carbonyl (C=O) groups is 3. The van der Waals surface area contributed by atoms with Crippen molar-refractivity contribution < 1.29 is 37.4 Å². The number of aromatic nitrogens is 4. The lowest BCUT2D eigenvalue weighted by atomic mass is 10.1. The van der Waals surface area contributed by atoms with Crippen LogP contribution < -0.4 is 21.3 Å². The molecule has 0 aliphatic rings. The molecule has 39 heavy (non-hydrogen) atoms. The number of nitrogens with zero attached hydrogens (tertiary/aromatic N) is 3. The number of fused-ring (bicyclic) bond motifs is 1. The molecule has 0 fully saturated rings. The molecule has 0 aliphatic heterocycles. The van der Waals surface area contributed by atoms with E-state index in [-0.39, 0.29) is 13.1 Å². The smallest absolute Gasteiger partial charge is 0.475 e. The number of carbonyl (C=O) groups excluding carboxylic acids is 2. The summed E-state index contributed by atoms with van der Waals surface area (Å²) in [5.74, 6) is -4.39. The van der Waals surface area contributed by atoms with E-state index in [0.29, 0.717) is 11.3 Å². The molecular formula is C24H21F3N6O6. The molecule has 0 saturated heterocycles. The van der Waals surface area contributed by atoms with E-state index in [1.54, 1.807) is 36.7 Å². The first kappa shape index (κ1) is 28.5.